The number of aliphatic hydroxyl groups is 1. The molecular formula is C24H29N3O4. The second-order valence-corrected chi connectivity index (χ2v) is 7.92. The highest BCUT2D eigenvalue weighted by Crippen LogP contribution is 2.20. The van der Waals surface area contributed by atoms with Gasteiger partial charge >= 0.3 is 0 Å². The molecule has 2 aromatic carbocycles. The molecule has 1 fully saturated rings. The molecule has 7 nitrogen and oxygen atoms in total. The van der Waals surface area contributed by atoms with E-state index >= 15 is 0 Å². The van der Waals surface area contributed by atoms with Gasteiger partial charge in [-0.05, 0) is 30.0 Å². The van der Waals surface area contributed by atoms with E-state index in [4.69, 9.17) is 0 Å². The number of aliphatic hydroxyl groups excluding tert-OH is 1. The highest BCUT2D eigenvalue weighted by molar-refractivity contribution is 5.92. The number of nitrogens with one attached hydrogen (secondary N) is 2. The molecule has 1 aliphatic heterocycles. The van der Waals surface area contributed by atoms with Gasteiger partial charge in [-0.2, -0.15) is 0 Å². The zero-order valence-electron chi connectivity index (χ0n) is 17.9. The number of likely N-dealkylation sites (tertiary alicyclic amines) is 1. The van der Waals surface area contributed by atoms with Crippen LogP contribution in [0.4, 0.5) is 0 Å². The topological polar surface area (TPSA) is 98.7 Å². The van der Waals surface area contributed by atoms with Gasteiger partial charge in [0, 0.05) is 26.4 Å². The Morgan fingerprint density at radius 3 is 2.35 bits per heavy atom. The van der Waals surface area contributed by atoms with Crippen molar-refractivity contribution in [1.29, 1.82) is 0 Å². The Balaban J connectivity index is 1.53. The summed E-state index contributed by atoms with van der Waals surface area (Å²) in [4.78, 5) is 37.9. The largest absolute Gasteiger partial charge is 0.391 e. The lowest BCUT2D eigenvalue weighted by molar-refractivity contribution is -0.140. The molecule has 31 heavy (non-hydrogen) atoms. The van der Waals surface area contributed by atoms with Crippen molar-refractivity contribution in [3.05, 3.63) is 60.2 Å². The van der Waals surface area contributed by atoms with Crippen molar-refractivity contribution in [2.24, 2.45) is 0 Å². The van der Waals surface area contributed by atoms with Crippen LogP contribution in [0.15, 0.2) is 54.6 Å². The van der Waals surface area contributed by atoms with E-state index in [1.165, 1.54) is 11.8 Å². The first-order valence-electron chi connectivity index (χ1n) is 10.5. The fourth-order valence-electron chi connectivity index (χ4n) is 3.86. The lowest BCUT2D eigenvalue weighted by Crippen LogP contribution is -2.52. The van der Waals surface area contributed by atoms with Crippen LogP contribution in [-0.2, 0) is 20.8 Å². The van der Waals surface area contributed by atoms with E-state index in [1.54, 1.807) is 6.92 Å². The summed E-state index contributed by atoms with van der Waals surface area (Å²) in [5.74, 6) is -0.982. The predicted molar refractivity (Wildman–Crippen MR) is 118 cm³/mol. The summed E-state index contributed by atoms with van der Waals surface area (Å²) >= 11 is 0. The summed E-state index contributed by atoms with van der Waals surface area (Å²) in [6.45, 7) is 3.42. The molecule has 164 valence electrons. The summed E-state index contributed by atoms with van der Waals surface area (Å²) in [6.07, 6.45) is 0.0948. The van der Waals surface area contributed by atoms with Crippen LogP contribution in [0.25, 0.3) is 11.1 Å². The van der Waals surface area contributed by atoms with Crippen LogP contribution in [-0.4, -0.2) is 59.0 Å². The third-order valence-corrected chi connectivity index (χ3v) is 5.43. The monoisotopic (exact) mass is 423 g/mol. The molecule has 3 amide bonds. The van der Waals surface area contributed by atoms with Gasteiger partial charge in [-0.1, -0.05) is 54.6 Å². The molecule has 0 saturated carbocycles. The zero-order valence-corrected chi connectivity index (χ0v) is 17.9. The quantitative estimate of drug-likeness (QED) is 0.629. The number of amides is 3. The molecule has 1 saturated heterocycles. The molecule has 0 radical (unpaired) electrons. The minimum absolute atomic E-state index is 0.0851. The molecule has 0 aromatic heterocycles. The van der Waals surface area contributed by atoms with Crippen LogP contribution >= 0.6 is 0 Å². The van der Waals surface area contributed by atoms with Crippen molar-refractivity contribution in [2.75, 3.05) is 13.1 Å². The van der Waals surface area contributed by atoms with E-state index in [0.29, 0.717) is 13.0 Å². The predicted octanol–water partition coefficient (Wildman–Crippen LogP) is 1.50. The summed E-state index contributed by atoms with van der Waals surface area (Å²) in [5.41, 5.74) is 3.38. The highest BCUT2D eigenvalue weighted by atomic mass is 16.3. The minimum Gasteiger partial charge on any atom is -0.391 e. The molecule has 3 N–H and O–H groups in total. The normalized spacial score (nSPS) is 19.0. The minimum atomic E-state index is -0.755. The van der Waals surface area contributed by atoms with Crippen LogP contribution in [0, 0.1) is 0 Å². The van der Waals surface area contributed by atoms with Gasteiger partial charge in [0.05, 0.1) is 6.10 Å². The molecule has 3 rings (SSSR count). The number of nitrogens with zero attached hydrogens (tertiary/aromatic N) is 1. The van der Waals surface area contributed by atoms with Gasteiger partial charge in [0.1, 0.15) is 12.1 Å². The van der Waals surface area contributed by atoms with Crippen molar-refractivity contribution >= 4 is 17.7 Å². The molecule has 0 unspecified atom stereocenters. The standard InChI is InChI=1S/C24H29N3O4/c1-16(26-17(2)28)24(31)27-15-21(29)14-22(27)23(30)25-13-12-18-8-10-20(11-9-18)19-6-4-3-5-7-19/h3-11,16,21-22,29H,12-15H2,1-2H3,(H,25,30)(H,26,28)/t16-,21+,22-/m0/s1. The van der Waals surface area contributed by atoms with Crippen molar-refractivity contribution in [3.8, 4) is 11.1 Å². The zero-order chi connectivity index (χ0) is 22.4. The lowest BCUT2D eigenvalue weighted by Gasteiger charge is -2.26. The Bertz CT molecular complexity index is 914. The summed E-state index contributed by atoms with van der Waals surface area (Å²) < 4.78 is 0. The second-order valence-electron chi connectivity index (χ2n) is 7.92. The number of carbonyl (C=O) groups excluding carboxylic acids is 3. The lowest BCUT2D eigenvalue weighted by atomic mass is 10.0. The molecule has 3 atom stereocenters. The number of hydrogen-bond acceptors (Lipinski definition) is 4. The Morgan fingerprint density at radius 2 is 1.71 bits per heavy atom. The van der Waals surface area contributed by atoms with Gasteiger partial charge in [0.25, 0.3) is 0 Å². The fraction of sp³-hybridized carbons (Fsp3) is 0.375. The van der Waals surface area contributed by atoms with Crippen LogP contribution in [0.2, 0.25) is 0 Å². The van der Waals surface area contributed by atoms with Crippen LogP contribution < -0.4 is 10.6 Å². The van der Waals surface area contributed by atoms with Gasteiger partial charge in [-0.25, -0.2) is 0 Å². The first-order valence-corrected chi connectivity index (χ1v) is 10.5. The first kappa shape index (κ1) is 22.5. The Hall–Kier alpha value is -3.19. The number of hydrogen-bond donors (Lipinski definition) is 3. The molecule has 7 heteroatoms. The van der Waals surface area contributed by atoms with E-state index in [0.717, 1.165) is 16.7 Å². The smallest absolute Gasteiger partial charge is 0.245 e. The van der Waals surface area contributed by atoms with E-state index in [-0.39, 0.29) is 30.7 Å². The molecule has 0 bridgehead atoms. The summed E-state index contributed by atoms with van der Waals surface area (Å²) in [5, 5.41) is 15.4. The van der Waals surface area contributed by atoms with E-state index < -0.39 is 18.2 Å². The van der Waals surface area contributed by atoms with Gasteiger partial charge in [-0.15, -0.1) is 0 Å². The Labute approximate surface area is 182 Å². The third kappa shape index (κ3) is 5.92. The maximum absolute atomic E-state index is 12.7. The number of benzene rings is 2. The van der Waals surface area contributed by atoms with Crippen LogP contribution in [0.5, 0.6) is 0 Å². The first-order chi connectivity index (χ1) is 14.8. The third-order valence-electron chi connectivity index (χ3n) is 5.43. The maximum Gasteiger partial charge on any atom is 0.245 e. The van der Waals surface area contributed by atoms with Gasteiger partial charge in [0.15, 0.2) is 0 Å². The van der Waals surface area contributed by atoms with E-state index in [2.05, 4.69) is 34.9 Å². The molecule has 0 spiro atoms. The highest BCUT2D eigenvalue weighted by Gasteiger charge is 2.40. The molecule has 0 aliphatic carbocycles. The number of carbonyl (C=O) groups is 3. The Kier molecular flexibility index (Phi) is 7.41. The SMILES string of the molecule is CC(=O)N[C@@H](C)C(=O)N1C[C@H](O)C[C@H]1C(=O)NCCc1ccc(-c2ccccc2)cc1. The van der Waals surface area contributed by atoms with Crippen molar-refractivity contribution in [2.45, 2.75) is 44.9 Å². The average molecular weight is 424 g/mol. The number of rotatable bonds is 7. The maximum atomic E-state index is 12.7. The van der Waals surface area contributed by atoms with Gasteiger partial charge in [-0.3, -0.25) is 14.4 Å². The van der Waals surface area contributed by atoms with Crippen molar-refractivity contribution < 1.29 is 19.5 Å². The van der Waals surface area contributed by atoms with Crippen molar-refractivity contribution in [1.82, 2.24) is 15.5 Å². The summed E-state index contributed by atoms with van der Waals surface area (Å²) in [7, 11) is 0. The molecule has 2 aromatic rings. The van der Waals surface area contributed by atoms with Crippen molar-refractivity contribution in [3.63, 3.8) is 0 Å². The Morgan fingerprint density at radius 1 is 1.06 bits per heavy atom. The van der Waals surface area contributed by atoms with E-state index in [1.807, 2.05) is 30.3 Å². The number of β-amino-alcohol motifs (C(OH)–C–C–N with tert-alkyl or cyclic N) is 1. The second kappa shape index (κ2) is 10.2. The molecule has 1 aliphatic rings. The van der Waals surface area contributed by atoms with Gasteiger partial charge < -0.3 is 20.6 Å². The molecular weight excluding hydrogens is 394 g/mol. The van der Waals surface area contributed by atoms with Crippen LogP contribution in [0.3, 0.4) is 0 Å². The van der Waals surface area contributed by atoms with Gasteiger partial charge in [0.2, 0.25) is 17.7 Å². The molecule has 1 heterocycles. The van der Waals surface area contributed by atoms with E-state index in [9.17, 15) is 19.5 Å². The average Bonchev–Trinajstić information content (AvgIpc) is 3.15. The summed E-state index contributed by atoms with van der Waals surface area (Å²) in [6, 6.07) is 16.8. The van der Waals surface area contributed by atoms with Crippen LogP contribution in [0.1, 0.15) is 25.8 Å². The fourth-order valence-corrected chi connectivity index (χ4v) is 3.86.